The predicted molar refractivity (Wildman–Crippen MR) is 98.6 cm³/mol. The highest BCUT2D eigenvalue weighted by atomic mass is 35.5. The summed E-state index contributed by atoms with van der Waals surface area (Å²) in [4.78, 5) is 13.8. The van der Waals surface area contributed by atoms with Gasteiger partial charge in [0.15, 0.2) is 0 Å². The second kappa shape index (κ2) is 10.2. The fraction of sp³-hybridized carbons (Fsp3) is 0.588. The number of methoxy groups -OCH3 is 1. The van der Waals surface area contributed by atoms with E-state index in [2.05, 4.69) is 41.8 Å². The number of hydrogen-bond acceptors (Lipinski definition) is 4. The Bertz CT molecular complexity index is 470. The van der Waals surface area contributed by atoms with Crippen LogP contribution in [0, 0.1) is 12.3 Å². The first-order valence-electron chi connectivity index (χ1n) is 7.84. The number of piperidine rings is 1. The van der Waals surface area contributed by atoms with Gasteiger partial charge in [0, 0.05) is 24.3 Å². The molecule has 0 aromatic heterocycles. The Kier molecular flexibility index (Phi) is 8.99. The molecule has 2 N–H and O–H groups in total. The van der Waals surface area contributed by atoms with Crippen molar-refractivity contribution < 1.29 is 9.53 Å². The Morgan fingerprint density at radius 2 is 1.96 bits per heavy atom. The van der Waals surface area contributed by atoms with Crippen LogP contribution in [0.2, 0.25) is 0 Å². The summed E-state index contributed by atoms with van der Waals surface area (Å²) in [5, 5.41) is 6.40. The monoisotopic (exact) mass is 358 g/mol. The van der Waals surface area contributed by atoms with E-state index in [0.29, 0.717) is 13.2 Å². The summed E-state index contributed by atoms with van der Waals surface area (Å²) in [6.07, 6.45) is 1.69. The van der Waals surface area contributed by atoms with Gasteiger partial charge in [0.25, 0.3) is 0 Å². The minimum absolute atomic E-state index is 0. The van der Waals surface area contributed by atoms with Crippen molar-refractivity contribution in [2.45, 2.75) is 24.7 Å². The molecule has 1 aliphatic rings. The van der Waals surface area contributed by atoms with E-state index in [4.69, 9.17) is 4.74 Å². The molecule has 0 saturated carbocycles. The van der Waals surface area contributed by atoms with E-state index in [1.165, 1.54) is 10.5 Å². The summed E-state index contributed by atoms with van der Waals surface area (Å²) in [5.41, 5.74) is 0.916. The number of carbonyl (C=O) groups excluding carboxylic acids is 1. The number of hydrogen-bond donors (Lipinski definition) is 2. The summed E-state index contributed by atoms with van der Waals surface area (Å²) < 4.78 is 5.30. The molecule has 4 nitrogen and oxygen atoms in total. The molecule has 1 fully saturated rings. The van der Waals surface area contributed by atoms with Crippen LogP contribution in [0.1, 0.15) is 18.4 Å². The third-order valence-electron chi connectivity index (χ3n) is 4.14. The standard InChI is InChI=1S/C17H26N2O2S.ClH/c1-14-3-5-15(6-4-14)22-12-11-19-16(20)17(13-21-2)7-9-18-10-8-17;/h3-6,18H,7-13H2,1-2H3,(H,19,20);1H. The van der Waals surface area contributed by atoms with Crippen molar-refractivity contribution in [3.63, 3.8) is 0 Å². The van der Waals surface area contributed by atoms with Crippen LogP contribution in [0.25, 0.3) is 0 Å². The van der Waals surface area contributed by atoms with Gasteiger partial charge in [-0.2, -0.15) is 0 Å². The first-order valence-corrected chi connectivity index (χ1v) is 8.82. The molecular formula is C17H27ClN2O2S. The van der Waals surface area contributed by atoms with Gasteiger partial charge in [-0.15, -0.1) is 24.2 Å². The van der Waals surface area contributed by atoms with Crippen LogP contribution < -0.4 is 10.6 Å². The Morgan fingerprint density at radius 1 is 1.30 bits per heavy atom. The molecule has 1 aliphatic heterocycles. The summed E-state index contributed by atoms with van der Waals surface area (Å²) in [5.74, 6) is 1.02. The lowest BCUT2D eigenvalue weighted by Crippen LogP contribution is -2.50. The van der Waals surface area contributed by atoms with E-state index in [1.807, 2.05) is 0 Å². The quantitative estimate of drug-likeness (QED) is 0.581. The fourth-order valence-electron chi connectivity index (χ4n) is 2.77. The molecule has 130 valence electrons. The normalized spacial score (nSPS) is 16.4. The molecule has 0 spiro atoms. The molecular weight excluding hydrogens is 332 g/mol. The number of carbonyl (C=O) groups is 1. The Hall–Kier alpha value is -0.750. The number of rotatable bonds is 7. The third kappa shape index (κ3) is 5.99. The first kappa shape index (κ1) is 20.3. The maximum atomic E-state index is 12.5. The van der Waals surface area contributed by atoms with Crippen molar-refractivity contribution >= 4 is 30.1 Å². The molecule has 1 saturated heterocycles. The van der Waals surface area contributed by atoms with Crippen LogP contribution in [0.3, 0.4) is 0 Å². The van der Waals surface area contributed by atoms with Gasteiger partial charge >= 0.3 is 0 Å². The van der Waals surface area contributed by atoms with Crippen molar-refractivity contribution in [1.82, 2.24) is 10.6 Å². The molecule has 0 atom stereocenters. The number of aryl methyl sites for hydroxylation is 1. The molecule has 0 bridgehead atoms. The zero-order chi connectivity index (χ0) is 15.8. The molecule has 0 radical (unpaired) electrons. The summed E-state index contributed by atoms with van der Waals surface area (Å²) >= 11 is 1.77. The highest BCUT2D eigenvalue weighted by Crippen LogP contribution is 2.29. The second-order valence-electron chi connectivity index (χ2n) is 5.88. The summed E-state index contributed by atoms with van der Waals surface area (Å²) in [7, 11) is 1.67. The zero-order valence-electron chi connectivity index (χ0n) is 13.9. The highest BCUT2D eigenvalue weighted by molar-refractivity contribution is 7.99. The predicted octanol–water partition coefficient (Wildman–Crippen LogP) is 2.64. The van der Waals surface area contributed by atoms with Gasteiger partial charge in [-0.25, -0.2) is 0 Å². The second-order valence-corrected chi connectivity index (χ2v) is 7.05. The van der Waals surface area contributed by atoms with Crippen LogP contribution >= 0.6 is 24.2 Å². The van der Waals surface area contributed by atoms with E-state index < -0.39 is 0 Å². The number of nitrogens with one attached hydrogen (secondary N) is 2. The number of ether oxygens (including phenoxy) is 1. The lowest BCUT2D eigenvalue weighted by Gasteiger charge is -2.35. The Balaban J connectivity index is 0.00000264. The van der Waals surface area contributed by atoms with E-state index in [1.54, 1.807) is 18.9 Å². The number of benzene rings is 1. The van der Waals surface area contributed by atoms with Gasteiger partial charge in [0.2, 0.25) is 5.91 Å². The van der Waals surface area contributed by atoms with Gasteiger partial charge in [0.05, 0.1) is 12.0 Å². The van der Waals surface area contributed by atoms with Crippen molar-refractivity contribution in [1.29, 1.82) is 0 Å². The van der Waals surface area contributed by atoms with Crippen molar-refractivity contribution in [3.8, 4) is 0 Å². The summed E-state index contributed by atoms with van der Waals surface area (Å²) in [6, 6.07) is 8.48. The SMILES string of the molecule is COCC1(C(=O)NCCSc2ccc(C)cc2)CCNCC1.Cl. The van der Waals surface area contributed by atoms with E-state index in [-0.39, 0.29) is 23.7 Å². The van der Waals surface area contributed by atoms with Gasteiger partial charge in [0.1, 0.15) is 0 Å². The van der Waals surface area contributed by atoms with Crippen molar-refractivity contribution in [2.75, 3.05) is 39.1 Å². The molecule has 1 aromatic rings. The number of thioether (sulfide) groups is 1. The van der Waals surface area contributed by atoms with Gasteiger partial charge < -0.3 is 15.4 Å². The largest absolute Gasteiger partial charge is 0.384 e. The van der Waals surface area contributed by atoms with E-state index in [9.17, 15) is 4.79 Å². The molecule has 23 heavy (non-hydrogen) atoms. The van der Waals surface area contributed by atoms with Gasteiger partial charge in [-0.05, 0) is 45.0 Å². The maximum Gasteiger partial charge on any atom is 0.228 e. The Morgan fingerprint density at radius 3 is 2.57 bits per heavy atom. The topological polar surface area (TPSA) is 50.4 Å². The molecule has 1 heterocycles. The average Bonchev–Trinajstić information content (AvgIpc) is 2.54. The molecule has 0 aliphatic carbocycles. The molecule has 6 heteroatoms. The molecule has 0 unspecified atom stereocenters. The minimum atomic E-state index is -0.353. The van der Waals surface area contributed by atoms with E-state index >= 15 is 0 Å². The summed E-state index contributed by atoms with van der Waals surface area (Å²) in [6.45, 7) is 5.05. The van der Waals surface area contributed by atoms with Crippen LogP contribution in [0.5, 0.6) is 0 Å². The van der Waals surface area contributed by atoms with Gasteiger partial charge in [-0.1, -0.05) is 17.7 Å². The third-order valence-corrected chi connectivity index (χ3v) is 5.15. The van der Waals surface area contributed by atoms with Crippen LogP contribution in [-0.2, 0) is 9.53 Å². The van der Waals surface area contributed by atoms with Crippen LogP contribution in [-0.4, -0.2) is 45.0 Å². The molecule has 1 aromatic carbocycles. The molecule has 1 amide bonds. The number of halogens is 1. The Labute approximate surface area is 149 Å². The van der Waals surface area contributed by atoms with Crippen LogP contribution in [0.15, 0.2) is 29.2 Å². The lowest BCUT2D eigenvalue weighted by atomic mass is 9.78. The minimum Gasteiger partial charge on any atom is -0.384 e. The lowest BCUT2D eigenvalue weighted by molar-refractivity contribution is -0.136. The smallest absolute Gasteiger partial charge is 0.228 e. The van der Waals surface area contributed by atoms with E-state index in [0.717, 1.165) is 31.7 Å². The number of amides is 1. The van der Waals surface area contributed by atoms with Crippen LogP contribution in [0.4, 0.5) is 0 Å². The average molecular weight is 359 g/mol. The molecule has 2 rings (SSSR count). The zero-order valence-corrected chi connectivity index (χ0v) is 15.5. The van der Waals surface area contributed by atoms with Crippen molar-refractivity contribution in [3.05, 3.63) is 29.8 Å². The van der Waals surface area contributed by atoms with Gasteiger partial charge in [-0.3, -0.25) is 4.79 Å². The maximum absolute atomic E-state index is 12.5. The fourth-order valence-corrected chi connectivity index (χ4v) is 3.54. The van der Waals surface area contributed by atoms with Crippen molar-refractivity contribution in [2.24, 2.45) is 5.41 Å². The highest BCUT2D eigenvalue weighted by Gasteiger charge is 2.39. The first-order chi connectivity index (χ1) is 10.7.